The van der Waals surface area contributed by atoms with Crippen molar-refractivity contribution in [3.05, 3.63) is 35.4 Å². The van der Waals surface area contributed by atoms with Crippen LogP contribution in [-0.4, -0.2) is 19.3 Å². The van der Waals surface area contributed by atoms with E-state index >= 15 is 0 Å². The molecule has 0 saturated heterocycles. The summed E-state index contributed by atoms with van der Waals surface area (Å²) in [4.78, 5) is 0. The average molecular weight is 263 g/mol. The van der Waals surface area contributed by atoms with Crippen LogP contribution in [0.1, 0.15) is 58.7 Å². The number of likely N-dealkylation sites (N-methyl/N-ethyl adjacent to an activating group) is 1. The Labute approximate surface area is 118 Å². The third kappa shape index (κ3) is 4.96. The van der Waals surface area contributed by atoms with E-state index in [2.05, 4.69) is 71.1 Å². The van der Waals surface area contributed by atoms with E-state index < -0.39 is 0 Å². The fourth-order valence-corrected chi connectivity index (χ4v) is 2.28. The van der Waals surface area contributed by atoms with Crippen molar-refractivity contribution >= 4 is 0 Å². The highest BCUT2D eigenvalue weighted by atomic mass is 16.5. The van der Waals surface area contributed by atoms with Crippen LogP contribution < -0.4 is 5.32 Å². The topological polar surface area (TPSA) is 21.3 Å². The van der Waals surface area contributed by atoms with Crippen LogP contribution in [-0.2, 0) is 10.2 Å². The van der Waals surface area contributed by atoms with Gasteiger partial charge < -0.3 is 10.1 Å². The fraction of sp³-hybridized carbons (Fsp3) is 0.647. The minimum atomic E-state index is 0.155. The second kappa shape index (κ2) is 7.06. The van der Waals surface area contributed by atoms with Gasteiger partial charge in [0.1, 0.15) is 0 Å². The van der Waals surface area contributed by atoms with Crippen molar-refractivity contribution in [2.24, 2.45) is 0 Å². The van der Waals surface area contributed by atoms with Crippen molar-refractivity contribution in [2.45, 2.75) is 59.1 Å². The Morgan fingerprint density at radius 3 is 2.32 bits per heavy atom. The molecule has 0 amide bonds. The third-order valence-electron chi connectivity index (χ3n) is 3.19. The van der Waals surface area contributed by atoms with E-state index in [4.69, 9.17) is 4.74 Å². The highest BCUT2D eigenvalue weighted by molar-refractivity contribution is 5.35. The molecule has 0 aliphatic carbocycles. The molecule has 1 aromatic rings. The molecule has 2 heteroatoms. The summed E-state index contributed by atoms with van der Waals surface area (Å²) in [6.07, 6.45) is 0.267. The Bertz CT molecular complexity index is 379. The van der Waals surface area contributed by atoms with Gasteiger partial charge in [-0.2, -0.15) is 0 Å². The van der Waals surface area contributed by atoms with Gasteiger partial charge in [-0.05, 0) is 36.9 Å². The third-order valence-corrected chi connectivity index (χ3v) is 3.19. The number of ether oxygens (including phenoxy) is 1. The zero-order chi connectivity index (χ0) is 14.5. The Kier molecular flexibility index (Phi) is 6.02. The number of nitrogens with one attached hydrogen (secondary N) is 1. The lowest BCUT2D eigenvalue weighted by Gasteiger charge is -2.28. The maximum Gasteiger partial charge on any atom is 0.0665 e. The minimum Gasteiger partial charge on any atom is -0.377 e. The Hall–Kier alpha value is -0.860. The van der Waals surface area contributed by atoms with E-state index in [1.165, 1.54) is 11.1 Å². The summed E-state index contributed by atoms with van der Waals surface area (Å²) >= 11 is 0. The molecule has 1 unspecified atom stereocenters. The van der Waals surface area contributed by atoms with Crippen LogP contribution >= 0.6 is 0 Å². The molecule has 1 rings (SSSR count). The zero-order valence-electron chi connectivity index (χ0n) is 13.3. The number of rotatable bonds is 6. The highest BCUT2D eigenvalue weighted by Gasteiger charge is 2.22. The lowest BCUT2D eigenvalue weighted by molar-refractivity contribution is 0.0611. The minimum absolute atomic E-state index is 0.155. The summed E-state index contributed by atoms with van der Waals surface area (Å²) in [7, 11) is 0. The van der Waals surface area contributed by atoms with Gasteiger partial charge in [-0.3, -0.25) is 0 Å². The second-order valence-electron chi connectivity index (χ2n) is 6.33. The highest BCUT2D eigenvalue weighted by Crippen LogP contribution is 2.29. The first-order valence-electron chi connectivity index (χ1n) is 7.30. The number of hydrogen-bond donors (Lipinski definition) is 1. The van der Waals surface area contributed by atoms with Crippen LogP contribution in [0.2, 0.25) is 0 Å². The van der Waals surface area contributed by atoms with Crippen LogP contribution in [0, 0.1) is 0 Å². The van der Waals surface area contributed by atoms with Crippen LogP contribution in [0.4, 0.5) is 0 Å². The van der Waals surface area contributed by atoms with Crippen molar-refractivity contribution in [1.82, 2.24) is 5.32 Å². The van der Waals surface area contributed by atoms with Gasteiger partial charge in [0.15, 0.2) is 0 Å². The quantitative estimate of drug-likeness (QED) is 0.835. The Morgan fingerprint density at radius 2 is 1.79 bits per heavy atom. The molecule has 0 heterocycles. The van der Waals surface area contributed by atoms with Crippen LogP contribution in [0.25, 0.3) is 0 Å². The smallest absolute Gasteiger partial charge is 0.0665 e. The maximum atomic E-state index is 5.82. The number of benzene rings is 1. The first-order chi connectivity index (χ1) is 8.86. The lowest BCUT2D eigenvalue weighted by Crippen LogP contribution is -2.29. The molecule has 0 fully saturated rings. The van der Waals surface area contributed by atoms with E-state index in [1.807, 2.05) is 0 Å². The second-order valence-corrected chi connectivity index (χ2v) is 6.33. The van der Waals surface area contributed by atoms with Gasteiger partial charge in [-0.25, -0.2) is 0 Å². The summed E-state index contributed by atoms with van der Waals surface area (Å²) < 4.78 is 5.82. The van der Waals surface area contributed by atoms with Gasteiger partial charge in [-0.1, -0.05) is 52.0 Å². The normalized spacial score (nSPS) is 13.8. The first kappa shape index (κ1) is 16.2. The lowest BCUT2D eigenvalue weighted by atomic mass is 9.82. The fourth-order valence-electron chi connectivity index (χ4n) is 2.28. The molecule has 0 aliphatic rings. The number of hydrogen-bond acceptors (Lipinski definition) is 2. The molecule has 19 heavy (non-hydrogen) atoms. The van der Waals surface area contributed by atoms with Crippen LogP contribution in [0.5, 0.6) is 0 Å². The van der Waals surface area contributed by atoms with Gasteiger partial charge in [0, 0.05) is 0 Å². The van der Waals surface area contributed by atoms with Crippen LogP contribution in [0.3, 0.4) is 0 Å². The summed E-state index contributed by atoms with van der Waals surface area (Å²) in [5, 5.41) is 3.54. The van der Waals surface area contributed by atoms with Crippen molar-refractivity contribution in [1.29, 1.82) is 0 Å². The predicted octanol–water partition coefficient (Wildman–Crippen LogP) is 4.06. The maximum absolute atomic E-state index is 5.82. The molecule has 0 aliphatic heterocycles. The average Bonchev–Trinajstić information content (AvgIpc) is 2.33. The molecule has 108 valence electrons. The van der Waals surface area contributed by atoms with E-state index in [9.17, 15) is 0 Å². The summed E-state index contributed by atoms with van der Waals surface area (Å²) in [5.41, 5.74) is 2.91. The SMILES string of the molecule is CCNC(COC(C)C)c1ccccc1C(C)(C)C. The first-order valence-corrected chi connectivity index (χ1v) is 7.30. The monoisotopic (exact) mass is 263 g/mol. The van der Waals surface area contributed by atoms with Gasteiger partial charge in [0.05, 0.1) is 18.8 Å². The van der Waals surface area contributed by atoms with E-state index in [1.54, 1.807) is 0 Å². The van der Waals surface area contributed by atoms with Crippen molar-refractivity contribution in [2.75, 3.05) is 13.2 Å². The largest absolute Gasteiger partial charge is 0.377 e. The molecule has 1 N–H and O–H groups in total. The van der Waals surface area contributed by atoms with E-state index in [0.29, 0.717) is 0 Å². The Balaban J connectivity index is 3.01. The standard InChI is InChI=1S/C17H29NO/c1-7-18-16(12-19-13(2)3)14-10-8-9-11-15(14)17(4,5)6/h8-11,13,16,18H,7,12H2,1-6H3. The summed E-state index contributed by atoms with van der Waals surface area (Å²) in [6.45, 7) is 14.8. The molecular weight excluding hydrogens is 234 g/mol. The molecule has 0 spiro atoms. The van der Waals surface area contributed by atoms with Gasteiger partial charge in [0.25, 0.3) is 0 Å². The van der Waals surface area contributed by atoms with Gasteiger partial charge >= 0.3 is 0 Å². The zero-order valence-corrected chi connectivity index (χ0v) is 13.3. The van der Waals surface area contributed by atoms with Crippen molar-refractivity contribution in [3.63, 3.8) is 0 Å². The van der Waals surface area contributed by atoms with E-state index in [0.717, 1.165) is 13.2 Å². The molecule has 0 aromatic heterocycles. The van der Waals surface area contributed by atoms with E-state index in [-0.39, 0.29) is 17.6 Å². The molecule has 0 bridgehead atoms. The van der Waals surface area contributed by atoms with Gasteiger partial charge in [-0.15, -0.1) is 0 Å². The Morgan fingerprint density at radius 1 is 1.16 bits per heavy atom. The molecule has 1 aromatic carbocycles. The van der Waals surface area contributed by atoms with Crippen molar-refractivity contribution < 1.29 is 4.74 Å². The molecule has 0 radical (unpaired) electrons. The molecule has 1 atom stereocenters. The summed E-state index contributed by atoms with van der Waals surface area (Å²) in [5.74, 6) is 0. The molecule has 0 saturated carbocycles. The van der Waals surface area contributed by atoms with Crippen LogP contribution in [0.15, 0.2) is 24.3 Å². The van der Waals surface area contributed by atoms with Crippen molar-refractivity contribution in [3.8, 4) is 0 Å². The van der Waals surface area contributed by atoms with Gasteiger partial charge in [0.2, 0.25) is 0 Å². The molecular formula is C17H29NO. The predicted molar refractivity (Wildman–Crippen MR) is 82.6 cm³/mol. The summed E-state index contributed by atoms with van der Waals surface area (Å²) in [6, 6.07) is 8.95. The molecule has 2 nitrogen and oxygen atoms in total.